The summed E-state index contributed by atoms with van der Waals surface area (Å²) in [6.07, 6.45) is 0. The molecule has 1 atom stereocenters. The van der Waals surface area contributed by atoms with Gasteiger partial charge in [-0.05, 0) is 0 Å². The third kappa shape index (κ3) is 1.13. The molecule has 1 aliphatic rings. The van der Waals surface area contributed by atoms with E-state index < -0.39 is 11.2 Å². The summed E-state index contributed by atoms with van der Waals surface area (Å²) in [5.74, 6) is 0.149. The number of carbonyl (C=O) groups excluding carboxylic acids is 1. The Balaban J connectivity index is 2.59. The number of amides is 1. The Morgan fingerprint density at radius 3 is 2.69 bits per heavy atom. The average molecular weight is 265 g/mol. The van der Waals surface area contributed by atoms with Crippen molar-refractivity contribution in [2.24, 2.45) is 0 Å². The number of hydrogen-bond acceptors (Lipinski definition) is 4. The molecule has 0 saturated heterocycles. The van der Waals surface area contributed by atoms with Crippen molar-refractivity contribution in [1.29, 1.82) is 0 Å². The molecule has 2 heterocycles. The van der Waals surface area contributed by atoms with Gasteiger partial charge in [-0.15, -0.1) is 0 Å². The summed E-state index contributed by atoms with van der Waals surface area (Å²) in [5, 5.41) is 0. The molecular formula is C5H6N4O2SSe. The van der Waals surface area contributed by atoms with Crippen LogP contribution in [0.25, 0.3) is 0 Å². The van der Waals surface area contributed by atoms with Gasteiger partial charge < -0.3 is 0 Å². The van der Waals surface area contributed by atoms with Crippen molar-refractivity contribution in [2.75, 3.05) is 18.4 Å². The molecule has 13 heavy (non-hydrogen) atoms. The van der Waals surface area contributed by atoms with Crippen molar-refractivity contribution in [3.63, 3.8) is 0 Å². The Kier molecular flexibility index (Phi) is 1.98. The van der Waals surface area contributed by atoms with E-state index >= 15 is 0 Å². The molecule has 1 unspecified atom stereocenters. The van der Waals surface area contributed by atoms with Crippen molar-refractivity contribution in [2.45, 2.75) is 0 Å². The molecule has 0 N–H and O–H groups in total. The second-order valence-electron chi connectivity index (χ2n) is 2.47. The molecule has 0 radical (unpaired) electrons. The van der Waals surface area contributed by atoms with Crippen LogP contribution in [-0.2, 0) is 11.2 Å². The minimum absolute atomic E-state index is 0.260. The first-order valence-electron chi connectivity index (χ1n) is 3.39. The van der Waals surface area contributed by atoms with Crippen molar-refractivity contribution in [3.05, 3.63) is 5.69 Å². The van der Waals surface area contributed by atoms with Crippen LogP contribution in [0, 0.1) is 0 Å². The number of hydrogen-bond donors (Lipinski definition) is 0. The van der Waals surface area contributed by atoms with Crippen LogP contribution in [0.4, 0.5) is 5.82 Å². The maximum atomic E-state index is 11.5. The van der Waals surface area contributed by atoms with Gasteiger partial charge in [0.05, 0.1) is 0 Å². The molecule has 70 valence electrons. The summed E-state index contributed by atoms with van der Waals surface area (Å²) >= 11 is -1.71. The van der Waals surface area contributed by atoms with E-state index in [-0.39, 0.29) is 20.9 Å². The van der Waals surface area contributed by atoms with E-state index in [1.54, 1.807) is 7.05 Å². The van der Waals surface area contributed by atoms with E-state index in [0.29, 0.717) is 11.5 Å². The van der Waals surface area contributed by atoms with E-state index in [1.165, 1.54) is 11.4 Å². The van der Waals surface area contributed by atoms with Crippen LogP contribution in [-0.4, -0.2) is 51.4 Å². The van der Waals surface area contributed by atoms with Gasteiger partial charge >= 0.3 is 83.2 Å². The van der Waals surface area contributed by atoms with Gasteiger partial charge in [0, 0.05) is 0 Å². The van der Waals surface area contributed by atoms with Crippen LogP contribution in [0.15, 0.2) is 0 Å². The molecule has 0 aromatic carbocycles. The summed E-state index contributed by atoms with van der Waals surface area (Å²) in [6.45, 7) is 0. The molecule has 2 rings (SSSR count). The molecular weight excluding hydrogens is 259 g/mol. The molecule has 0 fully saturated rings. The van der Waals surface area contributed by atoms with Gasteiger partial charge in [-0.2, -0.15) is 0 Å². The van der Waals surface area contributed by atoms with Crippen LogP contribution in [0.1, 0.15) is 10.5 Å². The second kappa shape index (κ2) is 2.90. The molecule has 0 saturated carbocycles. The zero-order valence-corrected chi connectivity index (χ0v) is 9.45. The van der Waals surface area contributed by atoms with Gasteiger partial charge in [-0.1, -0.05) is 0 Å². The van der Waals surface area contributed by atoms with Crippen LogP contribution in [0.3, 0.4) is 0 Å². The third-order valence-electron chi connectivity index (χ3n) is 1.73. The van der Waals surface area contributed by atoms with Crippen LogP contribution >= 0.6 is 0 Å². The van der Waals surface area contributed by atoms with Gasteiger partial charge in [-0.3, -0.25) is 0 Å². The number of rotatable bonds is 0. The Hall–Kier alpha value is -0.721. The zero-order valence-electron chi connectivity index (χ0n) is 6.92. The van der Waals surface area contributed by atoms with Gasteiger partial charge in [0.1, 0.15) is 0 Å². The predicted octanol–water partition coefficient (Wildman–Crippen LogP) is -1.37. The predicted molar refractivity (Wildman–Crippen MR) is 47.6 cm³/mol. The van der Waals surface area contributed by atoms with Gasteiger partial charge in [0.2, 0.25) is 0 Å². The monoisotopic (exact) mass is 266 g/mol. The minimum atomic E-state index is -1.45. The first-order chi connectivity index (χ1) is 6.13. The van der Waals surface area contributed by atoms with Gasteiger partial charge in [-0.25, -0.2) is 0 Å². The molecule has 8 heteroatoms. The van der Waals surface area contributed by atoms with Gasteiger partial charge in [0.15, 0.2) is 0 Å². The second-order valence-corrected chi connectivity index (χ2v) is 5.13. The summed E-state index contributed by atoms with van der Waals surface area (Å²) in [4.78, 5) is 11.5. The molecule has 1 aromatic heterocycles. The average Bonchev–Trinajstić information content (AvgIpc) is 2.59. The summed E-state index contributed by atoms with van der Waals surface area (Å²) in [7, 11) is 3.12. The molecule has 0 bridgehead atoms. The topological polar surface area (TPSA) is 66.4 Å². The molecule has 6 nitrogen and oxygen atoms in total. The number of nitrogens with zero attached hydrogens (tertiary/aromatic N) is 4. The number of carbonyl (C=O) groups is 1. The first-order valence-corrected chi connectivity index (χ1v) is 5.99. The van der Waals surface area contributed by atoms with Crippen LogP contribution in [0.5, 0.6) is 0 Å². The van der Waals surface area contributed by atoms with Crippen molar-refractivity contribution < 1.29 is 9.00 Å². The summed E-state index contributed by atoms with van der Waals surface area (Å²) in [5.41, 5.74) is 0.338. The summed E-state index contributed by atoms with van der Waals surface area (Å²) in [6, 6.07) is 0. The zero-order chi connectivity index (χ0) is 9.59. The standard InChI is InChI=1S/C5H6N4O2SSe/c1-8-4-3(6-13-7-4)5(10)9(2)12(8)11/h1-2H3. The molecule has 1 amide bonds. The fraction of sp³-hybridized carbons (Fsp3) is 0.400. The molecule has 1 aromatic rings. The maximum absolute atomic E-state index is 11.5. The fourth-order valence-corrected chi connectivity index (χ4v) is 3.18. The number of aromatic nitrogens is 2. The Bertz CT molecular complexity index is 392. The Morgan fingerprint density at radius 2 is 2.00 bits per heavy atom. The van der Waals surface area contributed by atoms with Crippen molar-refractivity contribution in [1.82, 2.24) is 12.3 Å². The van der Waals surface area contributed by atoms with Crippen LogP contribution < -0.4 is 4.31 Å². The van der Waals surface area contributed by atoms with Crippen molar-refractivity contribution >= 4 is 37.9 Å². The summed E-state index contributed by atoms with van der Waals surface area (Å²) < 4.78 is 22.1. The van der Waals surface area contributed by atoms with E-state index in [1.807, 2.05) is 0 Å². The van der Waals surface area contributed by atoms with Gasteiger partial charge in [0.25, 0.3) is 0 Å². The molecule has 1 aliphatic heterocycles. The molecule has 0 aliphatic carbocycles. The van der Waals surface area contributed by atoms with E-state index in [0.717, 1.165) is 4.31 Å². The van der Waals surface area contributed by atoms with E-state index in [9.17, 15) is 9.00 Å². The van der Waals surface area contributed by atoms with E-state index in [2.05, 4.69) is 7.96 Å². The number of anilines is 1. The Morgan fingerprint density at radius 1 is 1.31 bits per heavy atom. The molecule has 0 spiro atoms. The first kappa shape index (κ1) is 8.86. The van der Waals surface area contributed by atoms with E-state index in [4.69, 9.17) is 0 Å². The quantitative estimate of drug-likeness (QED) is 0.543. The SMILES string of the molecule is CN1C(=O)c2n[se]nc2N(C)S1=O. The van der Waals surface area contributed by atoms with Crippen LogP contribution in [0.2, 0.25) is 0 Å². The Labute approximate surface area is 83.5 Å². The fourth-order valence-electron chi connectivity index (χ4n) is 1.00. The van der Waals surface area contributed by atoms with Crippen molar-refractivity contribution in [3.8, 4) is 0 Å². The number of fused-ring (bicyclic) bond motifs is 1. The third-order valence-corrected chi connectivity index (χ3v) is 4.09. The normalized spacial score (nSPS) is 22.0.